The maximum atomic E-state index is 8.61. The van der Waals surface area contributed by atoms with Gasteiger partial charge in [-0.1, -0.05) is 5.92 Å². The van der Waals surface area contributed by atoms with Gasteiger partial charge in [0.2, 0.25) is 0 Å². The molecule has 1 rings (SSSR count). The molecule has 0 bridgehead atoms. The summed E-state index contributed by atoms with van der Waals surface area (Å²) in [5, 5.41) is 12.0. The van der Waals surface area contributed by atoms with Crippen LogP contribution in [0.2, 0.25) is 0 Å². The lowest BCUT2D eigenvalue weighted by molar-refractivity contribution is 0.476. The molecule has 76 valence electrons. The van der Waals surface area contributed by atoms with Crippen LogP contribution in [0.5, 0.6) is 0 Å². The second-order valence-electron chi connectivity index (χ2n) is 3.77. The van der Waals surface area contributed by atoms with Gasteiger partial charge in [0, 0.05) is 25.3 Å². The van der Waals surface area contributed by atoms with Crippen LogP contribution in [-0.4, -0.2) is 24.6 Å². The SMILES string of the molecule is C#CCSCCNCC1(CC#N)CC1. The molecule has 1 saturated carbocycles. The van der Waals surface area contributed by atoms with Gasteiger partial charge in [-0.3, -0.25) is 0 Å². The van der Waals surface area contributed by atoms with E-state index >= 15 is 0 Å². The highest BCUT2D eigenvalue weighted by Gasteiger charge is 2.41. The summed E-state index contributed by atoms with van der Waals surface area (Å²) in [7, 11) is 0. The first-order valence-corrected chi connectivity index (χ1v) is 6.07. The van der Waals surface area contributed by atoms with Crippen molar-refractivity contribution in [1.29, 1.82) is 5.26 Å². The Morgan fingerprint density at radius 2 is 2.29 bits per heavy atom. The zero-order chi connectivity index (χ0) is 10.3. The molecule has 2 nitrogen and oxygen atoms in total. The van der Waals surface area contributed by atoms with Gasteiger partial charge in [0.1, 0.15) is 0 Å². The third-order valence-corrected chi connectivity index (χ3v) is 3.38. The van der Waals surface area contributed by atoms with Crippen LogP contribution in [0.4, 0.5) is 0 Å². The molecule has 0 aromatic rings. The van der Waals surface area contributed by atoms with Crippen molar-refractivity contribution < 1.29 is 0 Å². The minimum Gasteiger partial charge on any atom is -0.315 e. The third kappa shape index (κ3) is 4.05. The molecule has 0 aliphatic heterocycles. The van der Waals surface area contributed by atoms with Crippen molar-refractivity contribution in [2.45, 2.75) is 19.3 Å². The largest absolute Gasteiger partial charge is 0.315 e. The topological polar surface area (TPSA) is 35.8 Å². The summed E-state index contributed by atoms with van der Waals surface area (Å²) in [6, 6.07) is 2.26. The van der Waals surface area contributed by atoms with Gasteiger partial charge in [0.25, 0.3) is 0 Å². The summed E-state index contributed by atoms with van der Waals surface area (Å²) in [4.78, 5) is 0. The van der Waals surface area contributed by atoms with Crippen LogP contribution in [0.25, 0.3) is 0 Å². The van der Waals surface area contributed by atoms with Gasteiger partial charge in [0.05, 0.1) is 11.8 Å². The van der Waals surface area contributed by atoms with Crippen molar-refractivity contribution in [3.63, 3.8) is 0 Å². The second-order valence-corrected chi connectivity index (χ2v) is 4.87. The van der Waals surface area contributed by atoms with E-state index in [1.54, 1.807) is 11.8 Å². The molecule has 0 aromatic heterocycles. The maximum Gasteiger partial charge on any atom is 0.0628 e. The fourth-order valence-electron chi connectivity index (χ4n) is 1.39. The van der Waals surface area contributed by atoms with Crippen molar-refractivity contribution in [2.75, 3.05) is 24.6 Å². The van der Waals surface area contributed by atoms with E-state index in [0.29, 0.717) is 11.8 Å². The van der Waals surface area contributed by atoms with Gasteiger partial charge in [-0.15, -0.1) is 18.2 Å². The van der Waals surface area contributed by atoms with E-state index in [2.05, 4.69) is 17.3 Å². The van der Waals surface area contributed by atoms with Crippen molar-refractivity contribution in [3.05, 3.63) is 0 Å². The van der Waals surface area contributed by atoms with Crippen LogP contribution in [0.1, 0.15) is 19.3 Å². The Morgan fingerprint density at radius 3 is 2.86 bits per heavy atom. The minimum absolute atomic E-state index is 0.325. The van der Waals surface area contributed by atoms with Gasteiger partial charge in [-0.25, -0.2) is 0 Å². The van der Waals surface area contributed by atoms with Crippen molar-refractivity contribution in [2.24, 2.45) is 5.41 Å². The summed E-state index contributed by atoms with van der Waals surface area (Å²) < 4.78 is 0. The van der Waals surface area contributed by atoms with Crippen LogP contribution >= 0.6 is 11.8 Å². The quantitative estimate of drug-likeness (QED) is 0.510. The molecule has 0 radical (unpaired) electrons. The summed E-state index contributed by atoms with van der Waals surface area (Å²) in [5.74, 6) is 4.46. The van der Waals surface area contributed by atoms with E-state index in [9.17, 15) is 0 Å². The predicted octanol–water partition coefficient (Wildman–Crippen LogP) is 1.64. The molecule has 0 saturated heterocycles. The molecule has 0 aromatic carbocycles. The van der Waals surface area contributed by atoms with Gasteiger partial charge < -0.3 is 5.32 Å². The smallest absolute Gasteiger partial charge is 0.0628 e. The minimum atomic E-state index is 0.325. The van der Waals surface area contributed by atoms with Crippen LogP contribution in [0.3, 0.4) is 0 Å². The molecule has 1 aliphatic carbocycles. The molecule has 14 heavy (non-hydrogen) atoms. The van der Waals surface area contributed by atoms with Gasteiger partial charge in [0.15, 0.2) is 0 Å². The zero-order valence-electron chi connectivity index (χ0n) is 8.38. The Bertz CT molecular complexity index is 245. The Labute approximate surface area is 90.4 Å². The van der Waals surface area contributed by atoms with Crippen LogP contribution in [0.15, 0.2) is 0 Å². The molecule has 1 N–H and O–H groups in total. The maximum absolute atomic E-state index is 8.61. The summed E-state index contributed by atoms with van der Waals surface area (Å²) in [5.41, 5.74) is 0.325. The van der Waals surface area contributed by atoms with Crippen molar-refractivity contribution in [3.8, 4) is 18.4 Å². The normalized spacial score (nSPS) is 17.0. The zero-order valence-corrected chi connectivity index (χ0v) is 9.20. The number of rotatable bonds is 7. The molecular formula is C11H16N2S. The second kappa shape index (κ2) is 5.96. The average Bonchev–Trinajstić information content (AvgIpc) is 2.93. The van der Waals surface area contributed by atoms with Crippen LogP contribution < -0.4 is 5.32 Å². The fourth-order valence-corrected chi connectivity index (χ4v) is 1.94. The molecule has 0 spiro atoms. The highest BCUT2D eigenvalue weighted by Crippen LogP contribution is 2.47. The number of terminal acetylenes is 1. The number of nitrogens with one attached hydrogen (secondary N) is 1. The van der Waals surface area contributed by atoms with E-state index in [1.165, 1.54) is 12.8 Å². The highest BCUT2D eigenvalue weighted by molar-refractivity contribution is 7.99. The number of hydrogen-bond acceptors (Lipinski definition) is 3. The van der Waals surface area contributed by atoms with Gasteiger partial charge >= 0.3 is 0 Å². The fraction of sp³-hybridized carbons (Fsp3) is 0.727. The molecule has 0 unspecified atom stereocenters. The third-order valence-electron chi connectivity index (χ3n) is 2.52. The molecule has 0 amide bonds. The molecule has 0 heterocycles. The summed E-state index contributed by atoms with van der Waals surface area (Å²) in [6.07, 6.45) is 8.27. The van der Waals surface area contributed by atoms with Crippen molar-refractivity contribution in [1.82, 2.24) is 5.32 Å². The number of thioether (sulfide) groups is 1. The lowest BCUT2D eigenvalue weighted by atomic mass is 10.0. The lowest BCUT2D eigenvalue weighted by Crippen LogP contribution is -2.25. The number of nitriles is 1. The standard InChI is InChI=1S/C11H16N2S/c1-2-8-14-9-7-13-10-11(3-4-11)5-6-12/h1,13H,3-5,7-10H2. The highest BCUT2D eigenvalue weighted by atomic mass is 32.2. The Balaban J connectivity index is 1.94. The molecular weight excluding hydrogens is 192 g/mol. The van der Waals surface area contributed by atoms with E-state index in [0.717, 1.165) is 24.6 Å². The first kappa shape index (κ1) is 11.4. The van der Waals surface area contributed by atoms with Gasteiger partial charge in [-0.05, 0) is 18.3 Å². The Hall–Kier alpha value is -0.640. The van der Waals surface area contributed by atoms with E-state index in [1.807, 2.05) is 0 Å². The molecule has 3 heteroatoms. The first-order chi connectivity index (χ1) is 6.83. The molecule has 0 atom stereocenters. The van der Waals surface area contributed by atoms with Crippen LogP contribution in [-0.2, 0) is 0 Å². The van der Waals surface area contributed by atoms with E-state index < -0.39 is 0 Å². The summed E-state index contributed by atoms with van der Waals surface area (Å²) >= 11 is 1.77. The monoisotopic (exact) mass is 208 g/mol. The molecule has 1 fully saturated rings. The Morgan fingerprint density at radius 1 is 1.50 bits per heavy atom. The Kier molecular flexibility index (Phi) is 4.87. The number of hydrogen-bond donors (Lipinski definition) is 1. The molecule has 1 aliphatic rings. The average molecular weight is 208 g/mol. The lowest BCUT2D eigenvalue weighted by Gasteiger charge is -2.11. The summed E-state index contributed by atoms with van der Waals surface area (Å²) in [6.45, 7) is 2.00. The number of nitrogens with zero attached hydrogens (tertiary/aromatic N) is 1. The first-order valence-electron chi connectivity index (χ1n) is 4.92. The van der Waals surface area contributed by atoms with E-state index in [4.69, 9.17) is 11.7 Å². The predicted molar refractivity (Wildman–Crippen MR) is 60.9 cm³/mol. The van der Waals surface area contributed by atoms with Gasteiger partial charge in [-0.2, -0.15) is 5.26 Å². The van der Waals surface area contributed by atoms with Crippen LogP contribution in [0, 0.1) is 29.1 Å². The van der Waals surface area contributed by atoms with Crippen molar-refractivity contribution >= 4 is 11.8 Å². The van der Waals surface area contributed by atoms with E-state index in [-0.39, 0.29) is 0 Å².